The van der Waals surface area contributed by atoms with Crippen molar-refractivity contribution in [2.45, 2.75) is 46.1 Å². The first-order chi connectivity index (χ1) is 9.51. The van der Waals surface area contributed by atoms with Gasteiger partial charge in [0.05, 0.1) is 6.10 Å². The molecule has 6 heteroatoms. The van der Waals surface area contributed by atoms with Crippen molar-refractivity contribution in [2.24, 2.45) is 22.7 Å². The van der Waals surface area contributed by atoms with E-state index in [2.05, 4.69) is 12.1 Å². The summed E-state index contributed by atoms with van der Waals surface area (Å²) in [6, 6.07) is 0. The Hall–Kier alpha value is -1.30. The maximum atomic E-state index is 12.6. The highest BCUT2D eigenvalue weighted by molar-refractivity contribution is 6.02. The van der Waals surface area contributed by atoms with Gasteiger partial charge in [-0.3, -0.25) is 4.79 Å². The van der Waals surface area contributed by atoms with Crippen molar-refractivity contribution in [2.75, 3.05) is 19.7 Å². The van der Waals surface area contributed by atoms with Crippen LogP contribution in [0, 0.1) is 11.8 Å². The fourth-order valence-corrected chi connectivity index (χ4v) is 2.57. The van der Waals surface area contributed by atoms with Crippen LogP contribution in [0.3, 0.4) is 0 Å². The monoisotopic (exact) mass is 285 g/mol. The molecule has 0 aliphatic carbocycles. The lowest BCUT2D eigenvalue weighted by Crippen LogP contribution is -2.49. The lowest BCUT2D eigenvalue weighted by molar-refractivity contribution is -0.138. The predicted octanol–water partition coefficient (Wildman–Crippen LogP) is 1.42. The molecule has 2 unspecified atom stereocenters. The van der Waals surface area contributed by atoms with Gasteiger partial charge in [-0.1, -0.05) is 25.9 Å². The lowest BCUT2D eigenvalue weighted by atomic mass is 9.92. The number of likely N-dealkylation sites (tertiary alicyclic amines) is 1. The zero-order valence-electron chi connectivity index (χ0n) is 12.7. The molecule has 20 heavy (non-hydrogen) atoms. The van der Waals surface area contributed by atoms with Gasteiger partial charge in [-0.05, 0) is 25.2 Å². The second kappa shape index (κ2) is 8.09. The quantitative estimate of drug-likeness (QED) is 0.334. The number of rotatable bonds is 6. The molecule has 1 amide bonds. The molecular weight excluding hydrogens is 258 g/mol. The Kier molecular flexibility index (Phi) is 6.78. The molecule has 0 bridgehead atoms. The third-order valence-corrected chi connectivity index (χ3v) is 3.61. The topological polar surface area (TPSA) is 88.2 Å². The maximum absolute atomic E-state index is 12.6. The molecule has 1 saturated heterocycles. The van der Waals surface area contributed by atoms with Crippen LogP contribution in [-0.2, 0) is 9.53 Å². The van der Waals surface area contributed by atoms with Gasteiger partial charge in [-0.15, -0.1) is 0 Å². The molecule has 2 atom stereocenters. The molecule has 0 aromatic rings. The summed E-state index contributed by atoms with van der Waals surface area (Å²) in [6.45, 7) is 7.90. The van der Waals surface area contributed by atoms with Crippen molar-refractivity contribution < 1.29 is 14.7 Å². The lowest BCUT2D eigenvalue weighted by Gasteiger charge is -2.35. The fourth-order valence-electron chi connectivity index (χ4n) is 2.57. The molecule has 1 heterocycles. The standard InChI is InChI=1S/C14H27N3O3/c1-4-8-20-11-6-5-7-17(9-11)14(18)12(10(2)3)13(15)16-19/h10-12,19H,4-9H2,1-3H3,(H2,15,16). The molecule has 3 N–H and O–H groups in total. The van der Waals surface area contributed by atoms with Crippen LogP contribution in [0.5, 0.6) is 0 Å². The highest BCUT2D eigenvalue weighted by Crippen LogP contribution is 2.20. The molecule has 1 aliphatic heterocycles. The van der Waals surface area contributed by atoms with E-state index in [0.29, 0.717) is 13.1 Å². The summed E-state index contributed by atoms with van der Waals surface area (Å²) in [7, 11) is 0. The number of nitrogens with zero attached hydrogens (tertiary/aromatic N) is 2. The van der Waals surface area contributed by atoms with Crippen LogP contribution in [0.2, 0.25) is 0 Å². The van der Waals surface area contributed by atoms with Gasteiger partial charge in [0.1, 0.15) is 5.92 Å². The largest absolute Gasteiger partial charge is 0.409 e. The molecular formula is C14H27N3O3. The third-order valence-electron chi connectivity index (χ3n) is 3.61. The summed E-state index contributed by atoms with van der Waals surface area (Å²) in [5.74, 6) is -0.651. The molecule has 0 saturated carbocycles. The first-order valence-electron chi connectivity index (χ1n) is 7.39. The van der Waals surface area contributed by atoms with Crippen LogP contribution >= 0.6 is 0 Å². The predicted molar refractivity (Wildman–Crippen MR) is 77.6 cm³/mol. The van der Waals surface area contributed by atoms with E-state index in [1.54, 1.807) is 4.90 Å². The van der Waals surface area contributed by atoms with E-state index in [-0.39, 0.29) is 23.8 Å². The Morgan fingerprint density at radius 3 is 2.80 bits per heavy atom. The van der Waals surface area contributed by atoms with Crippen LogP contribution in [-0.4, -0.2) is 47.7 Å². The van der Waals surface area contributed by atoms with Crippen LogP contribution in [0.15, 0.2) is 5.16 Å². The minimum atomic E-state index is -0.565. The average Bonchev–Trinajstić information content (AvgIpc) is 2.44. The Balaban J connectivity index is 2.69. The molecule has 1 aliphatic rings. The van der Waals surface area contributed by atoms with Gasteiger partial charge in [0.15, 0.2) is 5.84 Å². The number of oxime groups is 1. The summed E-state index contributed by atoms with van der Waals surface area (Å²) in [5.41, 5.74) is 5.66. The van der Waals surface area contributed by atoms with Crippen molar-refractivity contribution in [3.8, 4) is 0 Å². The summed E-state index contributed by atoms with van der Waals surface area (Å²) >= 11 is 0. The van der Waals surface area contributed by atoms with E-state index < -0.39 is 5.92 Å². The van der Waals surface area contributed by atoms with Crippen LogP contribution in [0.1, 0.15) is 40.0 Å². The number of carbonyl (C=O) groups excluding carboxylic acids is 1. The van der Waals surface area contributed by atoms with Crippen molar-refractivity contribution in [1.29, 1.82) is 0 Å². The Morgan fingerprint density at radius 2 is 2.25 bits per heavy atom. The van der Waals surface area contributed by atoms with E-state index in [4.69, 9.17) is 15.7 Å². The molecule has 0 radical (unpaired) electrons. The SMILES string of the molecule is CCCOC1CCCN(C(=O)C(C(N)=NO)C(C)C)C1. The first kappa shape index (κ1) is 16.8. The summed E-state index contributed by atoms with van der Waals surface area (Å²) < 4.78 is 5.73. The van der Waals surface area contributed by atoms with E-state index in [1.807, 2.05) is 13.8 Å². The number of hydrogen-bond donors (Lipinski definition) is 2. The number of nitrogens with two attached hydrogens (primary N) is 1. The van der Waals surface area contributed by atoms with Gasteiger partial charge in [-0.2, -0.15) is 0 Å². The van der Waals surface area contributed by atoms with Crippen LogP contribution in [0.25, 0.3) is 0 Å². The second-order valence-electron chi connectivity index (χ2n) is 5.67. The van der Waals surface area contributed by atoms with E-state index in [0.717, 1.165) is 25.9 Å². The molecule has 1 fully saturated rings. The van der Waals surface area contributed by atoms with Crippen LogP contribution < -0.4 is 5.73 Å². The summed E-state index contributed by atoms with van der Waals surface area (Å²) in [6.07, 6.45) is 3.00. The molecule has 0 aromatic heterocycles. The van der Waals surface area contributed by atoms with Gasteiger partial charge in [0.2, 0.25) is 5.91 Å². The fraction of sp³-hybridized carbons (Fsp3) is 0.857. The number of piperidine rings is 1. The third kappa shape index (κ3) is 4.37. The van der Waals surface area contributed by atoms with E-state index in [1.165, 1.54) is 0 Å². The molecule has 0 spiro atoms. The zero-order chi connectivity index (χ0) is 15.1. The Labute approximate surface area is 120 Å². The highest BCUT2D eigenvalue weighted by Gasteiger charge is 2.33. The van der Waals surface area contributed by atoms with E-state index in [9.17, 15) is 4.79 Å². The normalized spacial score (nSPS) is 22.1. The summed E-state index contributed by atoms with van der Waals surface area (Å²) in [5, 5.41) is 11.8. The minimum absolute atomic E-state index is 0.00432. The number of amidine groups is 1. The molecule has 0 aromatic carbocycles. The maximum Gasteiger partial charge on any atom is 0.233 e. The zero-order valence-corrected chi connectivity index (χ0v) is 12.7. The smallest absolute Gasteiger partial charge is 0.233 e. The van der Waals surface area contributed by atoms with Gasteiger partial charge < -0.3 is 20.6 Å². The average molecular weight is 285 g/mol. The number of hydrogen-bond acceptors (Lipinski definition) is 4. The highest BCUT2D eigenvalue weighted by atomic mass is 16.5. The van der Waals surface area contributed by atoms with Gasteiger partial charge in [0.25, 0.3) is 0 Å². The van der Waals surface area contributed by atoms with Crippen molar-refractivity contribution in [3.05, 3.63) is 0 Å². The minimum Gasteiger partial charge on any atom is -0.409 e. The van der Waals surface area contributed by atoms with E-state index >= 15 is 0 Å². The van der Waals surface area contributed by atoms with Crippen molar-refractivity contribution in [3.63, 3.8) is 0 Å². The van der Waals surface area contributed by atoms with Crippen molar-refractivity contribution >= 4 is 11.7 Å². The van der Waals surface area contributed by atoms with Gasteiger partial charge in [-0.25, -0.2) is 0 Å². The number of carbonyl (C=O) groups is 1. The summed E-state index contributed by atoms with van der Waals surface area (Å²) in [4.78, 5) is 14.3. The second-order valence-corrected chi connectivity index (χ2v) is 5.67. The Morgan fingerprint density at radius 1 is 1.55 bits per heavy atom. The van der Waals surface area contributed by atoms with Gasteiger partial charge in [0, 0.05) is 19.7 Å². The Bertz CT molecular complexity index is 345. The number of amides is 1. The number of ether oxygens (including phenoxy) is 1. The molecule has 6 nitrogen and oxygen atoms in total. The van der Waals surface area contributed by atoms with Gasteiger partial charge >= 0.3 is 0 Å². The van der Waals surface area contributed by atoms with Crippen molar-refractivity contribution in [1.82, 2.24) is 4.90 Å². The first-order valence-corrected chi connectivity index (χ1v) is 7.39. The van der Waals surface area contributed by atoms with Crippen LogP contribution in [0.4, 0.5) is 0 Å². The molecule has 1 rings (SSSR count). The molecule has 116 valence electrons.